The Hall–Kier alpha value is -3.36. The van der Waals surface area contributed by atoms with Crippen molar-refractivity contribution in [2.45, 2.75) is 20.8 Å². The highest BCUT2D eigenvalue weighted by molar-refractivity contribution is 9.10. The Kier molecular flexibility index (Phi) is 11.0. The molecule has 2 aromatic heterocycles. The van der Waals surface area contributed by atoms with Crippen LogP contribution in [0.5, 0.6) is 0 Å². The third kappa shape index (κ3) is 8.61. The maximum Gasteiger partial charge on any atom is 0.135 e. The highest BCUT2D eigenvalue weighted by atomic mass is 79.9. The van der Waals surface area contributed by atoms with Crippen molar-refractivity contribution < 1.29 is 9.68 Å². The van der Waals surface area contributed by atoms with E-state index in [0.717, 1.165) is 43.1 Å². The van der Waals surface area contributed by atoms with Crippen molar-refractivity contribution in [3.8, 4) is 0 Å². The third-order valence-electron chi connectivity index (χ3n) is 4.97. The van der Waals surface area contributed by atoms with Gasteiger partial charge in [0.15, 0.2) is 0 Å². The Balaban J connectivity index is 0.000000206. The Bertz CT molecular complexity index is 1290. The van der Waals surface area contributed by atoms with Crippen LogP contribution in [0.2, 0.25) is 0 Å². The molecule has 4 rings (SSSR count). The zero-order chi connectivity index (χ0) is 26.6. The van der Waals surface area contributed by atoms with Crippen molar-refractivity contribution in [1.82, 2.24) is 9.97 Å². The Morgan fingerprint density at radius 2 is 1.16 bits per heavy atom. The highest BCUT2D eigenvalue weighted by Gasteiger charge is 2.11. The Labute approximate surface area is 234 Å². The average molecular weight is 624 g/mol. The van der Waals surface area contributed by atoms with Crippen LogP contribution in [0.3, 0.4) is 0 Å². The first-order chi connectivity index (χ1) is 17.9. The third-order valence-corrected chi connectivity index (χ3v) is 5.85. The van der Waals surface area contributed by atoms with E-state index in [4.69, 9.17) is 9.68 Å². The molecule has 0 aliphatic carbocycles. The van der Waals surface area contributed by atoms with Crippen molar-refractivity contribution in [2.24, 2.45) is 10.3 Å². The van der Waals surface area contributed by atoms with Gasteiger partial charge in [-0.05, 0) is 89.0 Å². The summed E-state index contributed by atoms with van der Waals surface area (Å²) in [5.41, 5.74) is 7.36. The number of aromatic nitrogens is 2. The molecule has 0 radical (unpaired) electrons. The number of benzene rings is 2. The van der Waals surface area contributed by atoms with E-state index < -0.39 is 0 Å². The van der Waals surface area contributed by atoms with Crippen LogP contribution in [0.1, 0.15) is 40.6 Å². The molecule has 0 saturated carbocycles. The fraction of sp³-hybridized carbons (Fsp3) is 0.172. The first-order valence-electron chi connectivity index (χ1n) is 11.6. The molecular weight excluding hydrogens is 596 g/mol. The van der Waals surface area contributed by atoms with E-state index in [2.05, 4.69) is 77.3 Å². The van der Waals surface area contributed by atoms with E-state index in [1.165, 1.54) is 18.2 Å². The second-order valence-electron chi connectivity index (χ2n) is 7.91. The normalized spacial score (nSPS) is 11.4. The van der Waals surface area contributed by atoms with E-state index >= 15 is 0 Å². The van der Waals surface area contributed by atoms with Crippen LogP contribution in [-0.2, 0) is 9.68 Å². The van der Waals surface area contributed by atoms with Crippen LogP contribution in [-0.4, -0.2) is 35.1 Å². The molecular formula is C29H28Br2N4O2. The van der Waals surface area contributed by atoms with Crippen LogP contribution >= 0.6 is 31.9 Å². The summed E-state index contributed by atoms with van der Waals surface area (Å²) in [5, 5.41) is 8.28. The van der Waals surface area contributed by atoms with Gasteiger partial charge in [-0.3, -0.25) is 0 Å². The van der Waals surface area contributed by atoms with Crippen LogP contribution in [0.25, 0.3) is 0 Å². The molecule has 2 aromatic carbocycles. The number of rotatable bonds is 7. The number of pyridine rings is 2. The number of nitrogens with zero attached hydrogens (tertiary/aromatic N) is 4. The topological polar surface area (TPSA) is 69.0 Å². The molecule has 0 fully saturated rings. The van der Waals surface area contributed by atoms with Gasteiger partial charge >= 0.3 is 0 Å². The molecule has 6 nitrogen and oxygen atoms in total. The average Bonchev–Trinajstić information content (AvgIpc) is 2.88. The van der Waals surface area contributed by atoms with E-state index in [9.17, 15) is 0 Å². The van der Waals surface area contributed by atoms with Gasteiger partial charge in [0, 0.05) is 11.1 Å². The molecule has 0 unspecified atom stereocenters. The van der Waals surface area contributed by atoms with Crippen molar-refractivity contribution in [3.05, 3.63) is 128 Å². The summed E-state index contributed by atoms with van der Waals surface area (Å²) < 4.78 is 1.55. The lowest BCUT2D eigenvalue weighted by atomic mass is 10.0. The second-order valence-corrected chi connectivity index (χ2v) is 9.54. The summed E-state index contributed by atoms with van der Waals surface area (Å²) in [6.07, 6.45) is 0. The molecule has 190 valence electrons. The molecule has 0 saturated heterocycles. The summed E-state index contributed by atoms with van der Waals surface area (Å²) in [7, 11) is 1.54. The molecule has 0 N–H and O–H groups in total. The molecule has 2 heterocycles. The zero-order valence-electron chi connectivity index (χ0n) is 21.2. The standard InChI is InChI=1S/C15H15BrN2O.C14H13BrN2O/c1-3-19-18-15(12-7-4-6-11(2)10-12)13-8-5-9-14(16)17-13;1-10-5-3-6-11(9-10)14(17-18-2)12-7-4-8-13(15)16-12/h4-10H,3H2,1-2H3;3-9H,1-2H3/b18-15-;17-14-. The smallest absolute Gasteiger partial charge is 0.135 e. The molecule has 0 bridgehead atoms. The van der Waals surface area contributed by atoms with E-state index in [0.29, 0.717) is 6.61 Å². The zero-order valence-corrected chi connectivity index (χ0v) is 24.3. The lowest BCUT2D eigenvalue weighted by Gasteiger charge is -2.07. The van der Waals surface area contributed by atoms with Crippen molar-refractivity contribution in [1.29, 1.82) is 0 Å². The molecule has 37 heavy (non-hydrogen) atoms. The monoisotopic (exact) mass is 622 g/mol. The number of hydrogen-bond donors (Lipinski definition) is 0. The van der Waals surface area contributed by atoms with Crippen LogP contribution < -0.4 is 0 Å². The van der Waals surface area contributed by atoms with Gasteiger partial charge in [0.25, 0.3) is 0 Å². The number of halogens is 2. The lowest BCUT2D eigenvalue weighted by molar-refractivity contribution is 0.159. The van der Waals surface area contributed by atoms with Gasteiger partial charge < -0.3 is 9.68 Å². The van der Waals surface area contributed by atoms with Crippen molar-refractivity contribution in [2.75, 3.05) is 13.7 Å². The minimum absolute atomic E-state index is 0.531. The molecule has 0 aliphatic rings. The minimum atomic E-state index is 0.531. The minimum Gasteiger partial charge on any atom is -0.399 e. The summed E-state index contributed by atoms with van der Waals surface area (Å²) >= 11 is 6.74. The molecule has 0 aliphatic heterocycles. The predicted molar refractivity (Wildman–Crippen MR) is 156 cm³/mol. The number of aryl methyl sites for hydroxylation is 2. The van der Waals surface area contributed by atoms with Gasteiger partial charge in [-0.25, -0.2) is 9.97 Å². The van der Waals surface area contributed by atoms with Gasteiger partial charge in [-0.15, -0.1) is 0 Å². The number of oxime groups is 2. The summed E-state index contributed by atoms with van der Waals surface area (Å²) in [4.78, 5) is 19.0. The maximum atomic E-state index is 5.22. The van der Waals surface area contributed by atoms with Gasteiger partial charge in [0.1, 0.15) is 34.3 Å². The summed E-state index contributed by atoms with van der Waals surface area (Å²) in [6, 6.07) is 27.7. The van der Waals surface area contributed by atoms with Crippen LogP contribution in [0.15, 0.2) is 104 Å². The molecule has 8 heteroatoms. The second kappa shape index (κ2) is 14.4. The maximum absolute atomic E-state index is 5.22. The largest absolute Gasteiger partial charge is 0.399 e. The molecule has 0 amide bonds. The van der Waals surface area contributed by atoms with Gasteiger partial charge in [-0.2, -0.15) is 0 Å². The van der Waals surface area contributed by atoms with Gasteiger partial charge in [0.2, 0.25) is 0 Å². The van der Waals surface area contributed by atoms with E-state index in [1.807, 2.05) is 80.6 Å². The van der Waals surface area contributed by atoms with E-state index in [1.54, 1.807) is 0 Å². The molecule has 4 aromatic rings. The first-order valence-corrected chi connectivity index (χ1v) is 13.2. The molecule has 0 spiro atoms. The van der Waals surface area contributed by atoms with Crippen LogP contribution in [0, 0.1) is 13.8 Å². The Morgan fingerprint density at radius 3 is 1.57 bits per heavy atom. The van der Waals surface area contributed by atoms with Crippen LogP contribution in [0.4, 0.5) is 0 Å². The highest BCUT2D eigenvalue weighted by Crippen LogP contribution is 2.15. The number of hydrogen-bond acceptors (Lipinski definition) is 6. The predicted octanol–water partition coefficient (Wildman–Crippen LogP) is 7.49. The fourth-order valence-electron chi connectivity index (χ4n) is 3.38. The van der Waals surface area contributed by atoms with E-state index in [-0.39, 0.29) is 0 Å². The lowest BCUT2D eigenvalue weighted by Crippen LogP contribution is -2.07. The van der Waals surface area contributed by atoms with Gasteiger partial charge in [0.05, 0.1) is 11.4 Å². The summed E-state index contributed by atoms with van der Waals surface area (Å²) in [5.74, 6) is 0. The quantitative estimate of drug-likeness (QED) is 0.121. The molecule has 0 atom stereocenters. The fourth-order valence-corrected chi connectivity index (χ4v) is 4.07. The SMILES string of the molecule is CCO/N=C(/c1cccc(C)c1)c1cccc(Br)n1.CO/N=C(/c1cccc(C)c1)c1cccc(Br)n1. The van der Waals surface area contributed by atoms with Crippen molar-refractivity contribution in [3.63, 3.8) is 0 Å². The Morgan fingerprint density at radius 1 is 0.703 bits per heavy atom. The van der Waals surface area contributed by atoms with Gasteiger partial charge in [-0.1, -0.05) is 70.0 Å². The first kappa shape index (κ1) is 28.2. The summed E-state index contributed by atoms with van der Waals surface area (Å²) in [6.45, 7) is 6.54. The van der Waals surface area contributed by atoms with Crippen molar-refractivity contribution >= 4 is 43.3 Å².